The maximum absolute atomic E-state index is 12.2. The molecule has 0 aliphatic rings. The molecule has 2 N–H and O–H groups in total. The third kappa shape index (κ3) is 4.30. The number of pyridine rings is 1. The van der Waals surface area contributed by atoms with Crippen molar-refractivity contribution in [1.29, 1.82) is 0 Å². The molecule has 0 radical (unpaired) electrons. The van der Waals surface area contributed by atoms with Gasteiger partial charge in [-0.25, -0.2) is 0 Å². The molecule has 0 saturated carbocycles. The minimum absolute atomic E-state index is 0.0831. The topological polar surface area (TPSA) is 48.0 Å². The van der Waals surface area contributed by atoms with Crippen molar-refractivity contribution in [3.8, 4) is 0 Å². The molecule has 0 bridgehead atoms. The van der Waals surface area contributed by atoms with E-state index < -0.39 is 0 Å². The quantitative estimate of drug-likeness (QED) is 0.886. The zero-order valence-corrected chi connectivity index (χ0v) is 12.9. The van der Waals surface area contributed by atoms with Crippen molar-refractivity contribution in [3.05, 3.63) is 69.6 Å². The molecule has 0 amide bonds. The number of aromatic nitrogens is 1. The van der Waals surface area contributed by atoms with Gasteiger partial charge >= 0.3 is 0 Å². The Morgan fingerprint density at radius 1 is 1.19 bits per heavy atom. The van der Waals surface area contributed by atoms with Crippen molar-refractivity contribution in [2.45, 2.75) is 45.7 Å². The van der Waals surface area contributed by atoms with Gasteiger partial charge in [0.1, 0.15) is 0 Å². The zero-order chi connectivity index (χ0) is 15.2. The number of hydrogen-bond donors (Lipinski definition) is 1. The van der Waals surface area contributed by atoms with E-state index in [0.717, 1.165) is 37.1 Å². The smallest absolute Gasteiger partial charge is 0.185 e. The van der Waals surface area contributed by atoms with Crippen molar-refractivity contribution < 1.29 is 0 Å². The molecular formula is C18H24N2O. The summed E-state index contributed by atoms with van der Waals surface area (Å²) in [4.78, 5) is 12.2. The summed E-state index contributed by atoms with van der Waals surface area (Å²) in [5.74, 6) is 0. The molecule has 1 atom stereocenters. The van der Waals surface area contributed by atoms with E-state index in [9.17, 15) is 4.79 Å². The molecule has 1 unspecified atom stereocenters. The molecule has 0 saturated heterocycles. The molecule has 3 nitrogen and oxygen atoms in total. The van der Waals surface area contributed by atoms with Crippen molar-refractivity contribution in [3.63, 3.8) is 0 Å². The highest BCUT2D eigenvalue weighted by molar-refractivity contribution is 5.20. The van der Waals surface area contributed by atoms with Crippen LogP contribution in [0.15, 0.2) is 47.4 Å². The van der Waals surface area contributed by atoms with Gasteiger partial charge in [0.25, 0.3) is 0 Å². The summed E-state index contributed by atoms with van der Waals surface area (Å²) in [6.45, 7) is 4.80. The van der Waals surface area contributed by atoms with Gasteiger partial charge in [0.05, 0.1) is 0 Å². The van der Waals surface area contributed by atoms with E-state index >= 15 is 0 Å². The Labute approximate surface area is 126 Å². The van der Waals surface area contributed by atoms with Crippen LogP contribution in [0.1, 0.15) is 30.7 Å². The van der Waals surface area contributed by atoms with Crippen molar-refractivity contribution in [1.82, 2.24) is 4.57 Å². The normalized spacial score (nSPS) is 12.3. The SMILES string of the molecule is CCc1cc(=O)c(CCc2ccccc2)cn1CC(C)N. The van der Waals surface area contributed by atoms with Crippen LogP contribution >= 0.6 is 0 Å². The average molecular weight is 284 g/mol. The van der Waals surface area contributed by atoms with Crippen LogP contribution in [0, 0.1) is 0 Å². The third-order valence-electron chi connectivity index (χ3n) is 3.67. The molecule has 2 rings (SSSR count). The summed E-state index contributed by atoms with van der Waals surface area (Å²) in [6, 6.07) is 12.1. The van der Waals surface area contributed by atoms with E-state index in [0.29, 0.717) is 0 Å². The first-order valence-corrected chi connectivity index (χ1v) is 7.62. The van der Waals surface area contributed by atoms with Gasteiger partial charge in [0.15, 0.2) is 5.43 Å². The van der Waals surface area contributed by atoms with E-state index in [4.69, 9.17) is 5.73 Å². The lowest BCUT2D eigenvalue weighted by molar-refractivity contribution is 0.564. The van der Waals surface area contributed by atoms with Gasteiger partial charge in [-0.2, -0.15) is 0 Å². The Balaban J connectivity index is 2.20. The highest BCUT2D eigenvalue weighted by atomic mass is 16.1. The average Bonchev–Trinajstić information content (AvgIpc) is 2.47. The van der Waals surface area contributed by atoms with Gasteiger partial charge in [0, 0.05) is 36.1 Å². The fourth-order valence-electron chi connectivity index (χ4n) is 2.56. The Kier molecular flexibility index (Phi) is 5.34. The first-order valence-electron chi connectivity index (χ1n) is 7.62. The molecule has 0 fully saturated rings. The highest BCUT2D eigenvalue weighted by Crippen LogP contribution is 2.07. The molecule has 0 aliphatic carbocycles. The van der Waals surface area contributed by atoms with Crippen LogP contribution in [-0.2, 0) is 25.8 Å². The minimum atomic E-state index is 0.0831. The van der Waals surface area contributed by atoms with E-state index in [1.54, 1.807) is 6.07 Å². The number of aryl methyl sites for hydroxylation is 3. The van der Waals surface area contributed by atoms with Crippen molar-refractivity contribution >= 4 is 0 Å². The largest absolute Gasteiger partial charge is 0.349 e. The third-order valence-corrected chi connectivity index (χ3v) is 3.67. The van der Waals surface area contributed by atoms with Gasteiger partial charge in [-0.3, -0.25) is 4.79 Å². The van der Waals surface area contributed by atoms with Crippen LogP contribution in [0.25, 0.3) is 0 Å². The van der Waals surface area contributed by atoms with E-state index in [2.05, 4.69) is 23.6 Å². The Morgan fingerprint density at radius 3 is 2.52 bits per heavy atom. The highest BCUT2D eigenvalue weighted by Gasteiger charge is 2.07. The number of nitrogens with zero attached hydrogens (tertiary/aromatic N) is 1. The molecule has 0 aliphatic heterocycles. The van der Waals surface area contributed by atoms with Gasteiger partial charge < -0.3 is 10.3 Å². The summed E-state index contributed by atoms with van der Waals surface area (Å²) < 4.78 is 2.13. The molecule has 21 heavy (non-hydrogen) atoms. The summed E-state index contributed by atoms with van der Waals surface area (Å²) >= 11 is 0. The molecule has 1 heterocycles. The van der Waals surface area contributed by atoms with E-state index in [-0.39, 0.29) is 11.5 Å². The van der Waals surface area contributed by atoms with Crippen molar-refractivity contribution in [2.75, 3.05) is 0 Å². The second-order valence-corrected chi connectivity index (χ2v) is 5.62. The van der Waals surface area contributed by atoms with Crippen LogP contribution in [0.2, 0.25) is 0 Å². The molecule has 112 valence electrons. The van der Waals surface area contributed by atoms with Crippen LogP contribution in [-0.4, -0.2) is 10.6 Å². The number of rotatable bonds is 6. The molecule has 1 aromatic carbocycles. The van der Waals surface area contributed by atoms with E-state index in [1.807, 2.05) is 31.3 Å². The first-order chi connectivity index (χ1) is 10.1. The number of nitrogens with two attached hydrogens (primary N) is 1. The lowest BCUT2D eigenvalue weighted by Gasteiger charge is -2.16. The fraction of sp³-hybridized carbons (Fsp3) is 0.389. The number of benzene rings is 1. The van der Waals surface area contributed by atoms with Crippen LogP contribution in [0.5, 0.6) is 0 Å². The molecule has 0 spiro atoms. The fourth-order valence-corrected chi connectivity index (χ4v) is 2.56. The molecule has 2 aromatic rings. The Bertz CT molecular complexity index is 629. The standard InChI is InChI=1S/C18H24N2O/c1-3-17-11-18(21)16(13-20(17)12-14(2)19)10-9-15-7-5-4-6-8-15/h4-8,11,13-14H,3,9-10,12,19H2,1-2H3. The molecular weight excluding hydrogens is 260 g/mol. The maximum Gasteiger partial charge on any atom is 0.185 e. The Morgan fingerprint density at radius 2 is 1.90 bits per heavy atom. The maximum atomic E-state index is 12.2. The lowest BCUT2D eigenvalue weighted by Crippen LogP contribution is -2.26. The number of hydrogen-bond acceptors (Lipinski definition) is 2. The molecule has 3 heteroatoms. The first kappa shape index (κ1) is 15.5. The predicted octanol–water partition coefficient (Wildman–Crippen LogP) is 2.54. The zero-order valence-electron chi connectivity index (χ0n) is 12.9. The second kappa shape index (κ2) is 7.23. The molecule has 1 aromatic heterocycles. The predicted molar refractivity (Wildman–Crippen MR) is 87.6 cm³/mol. The van der Waals surface area contributed by atoms with Crippen LogP contribution in [0.3, 0.4) is 0 Å². The van der Waals surface area contributed by atoms with Crippen LogP contribution in [0.4, 0.5) is 0 Å². The van der Waals surface area contributed by atoms with Crippen molar-refractivity contribution in [2.24, 2.45) is 5.73 Å². The summed E-state index contributed by atoms with van der Waals surface area (Å²) in [5.41, 5.74) is 9.23. The minimum Gasteiger partial charge on any atom is -0.349 e. The lowest BCUT2D eigenvalue weighted by atomic mass is 10.0. The summed E-state index contributed by atoms with van der Waals surface area (Å²) in [7, 11) is 0. The monoisotopic (exact) mass is 284 g/mol. The van der Waals surface area contributed by atoms with Gasteiger partial charge in [0.2, 0.25) is 0 Å². The summed E-state index contributed by atoms with van der Waals surface area (Å²) in [5, 5.41) is 0. The Hall–Kier alpha value is -1.87. The van der Waals surface area contributed by atoms with Crippen LogP contribution < -0.4 is 11.2 Å². The van der Waals surface area contributed by atoms with E-state index in [1.165, 1.54) is 5.56 Å². The van der Waals surface area contributed by atoms with Gasteiger partial charge in [-0.05, 0) is 31.7 Å². The summed E-state index contributed by atoms with van der Waals surface area (Å²) in [6.07, 6.45) is 4.50. The second-order valence-electron chi connectivity index (χ2n) is 5.62. The van der Waals surface area contributed by atoms with Gasteiger partial charge in [-0.15, -0.1) is 0 Å². The van der Waals surface area contributed by atoms with Gasteiger partial charge in [-0.1, -0.05) is 37.3 Å².